The van der Waals surface area contributed by atoms with Crippen LogP contribution in [0.5, 0.6) is 0 Å². The Balaban J connectivity index is 2.66. The van der Waals surface area contributed by atoms with Crippen LogP contribution in [0.3, 0.4) is 0 Å². The van der Waals surface area contributed by atoms with Gasteiger partial charge in [-0.05, 0) is 41.8 Å². The first-order valence-electron chi connectivity index (χ1n) is 3.84. The molecule has 0 aromatic heterocycles. The summed E-state index contributed by atoms with van der Waals surface area (Å²) in [6, 6.07) is 0. The lowest BCUT2D eigenvalue weighted by Gasteiger charge is -2.12. The van der Waals surface area contributed by atoms with Crippen LogP contribution >= 0.6 is 15.9 Å². The molecule has 0 amide bonds. The minimum absolute atomic E-state index is 0.821. The number of hydrogen-bond donors (Lipinski definition) is 0. The van der Waals surface area contributed by atoms with Crippen molar-refractivity contribution in [3.8, 4) is 0 Å². The van der Waals surface area contributed by atoms with Crippen LogP contribution in [0, 0.1) is 0 Å². The van der Waals surface area contributed by atoms with Crippen LogP contribution in [-0.2, 0) is 4.79 Å². The van der Waals surface area contributed by atoms with E-state index in [0.717, 1.165) is 19.1 Å². The fraction of sp³-hybridized carbons (Fsp3) is 0.444. The van der Waals surface area contributed by atoms with Gasteiger partial charge in [-0.25, -0.2) is 0 Å². The van der Waals surface area contributed by atoms with E-state index < -0.39 is 0 Å². The fourth-order valence-electron chi connectivity index (χ4n) is 1.22. The Morgan fingerprint density at radius 1 is 1.27 bits per heavy atom. The van der Waals surface area contributed by atoms with E-state index in [1.165, 1.54) is 22.9 Å². The maximum absolute atomic E-state index is 10.0. The number of aldehydes is 1. The molecule has 0 unspecified atom stereocenters. The molecule has 60 valence electrons. The lowest BCUT2D eigenvalue weighted by Crippen LogP contribution is -1.92. The third kappa shape index (κ3) is 2.62. The molecule has 1 nitrogen and oxygen atoms in total. The van der Waals surface area contributed by atoms with Gasteiger partial charge in [0.1, 0.15) is 6.29 Å². The van der Waals surface area contributed by atoms with Crippen molar-refractivity contribution in [2.75, 3.05) is 0 Å². The first-order valence-corrected chi connectivity index (χ1v) is 4.63. The van der Waals surface area contributed by atoms with Crippen LogP contribution in [-0.4, -0.2) is 6.29 Å². The average molecular weight is 215 g/mol. The molecule has 0 aromatic rings. The van der Waals surface area contributed by atoms with E-state index >= 15 is 0 Å². The predicted octanol–water partition coefficient (Wildman–Crippen LogP) is 2.96. The van der Waals surface area contributed by atoms with Gasteiger partial charge in [-0.3, -0.25) is 4.79 Å². The maximum Gasteiger partial charge on any atom is 0.142 e. The van der Waals surface area contributed by atoms with Crippen LogP contribution in [0.4, 0.5) is 0 Å². The first kappa shape index (κ1) is 8.72. The van der Waals surface area contributed by atoms with E-state index in [-0.39, 0.29) is 0 Å². The average Bonchev–Trinajstić information content (AvgIpc) is 2.03. The molecule has 1 aliphatic rings. The standard InChI is InChI=1S/C9H11BrO/c10-9-6-2-1-4-8(9)5-3-7-11/h3,5,7H,1-2,4,6H2. The smallest absolute Gasteiger partial charge is 0.142 e. The van der Waals surface area contributed by atoms with Crippen molar-refractivity contribution in [3.05, 3.63) is 22.2 Å². The number of hydrogen-bond acceptors (Lipinski definition) is 1. The zero-order valence-corrected chi connectivity index (χ0v) is 7.93. The van der Waals surface area contributed by atoms with Gasteiger partial charge in [0.25, 0.3) is 0 Å². The van der Waals surface area contributed by atoms with Crippen LogP contribution in [0.1, 0.15) is 25.7 Å². The molecule has 0 aliphatic heterocycles. The van der Waals surface area contributed by atoms with Gasteiger partial charge < -0.3 is 0 Å². The summed E-state index contributed by atoms with van der Waals surface area (Å²) in [7, 11) is 0. The summed E-state index contributed by atoms with van der Waals surface area (Å²) in [6.45, 7) is 0. The monoisotopic (exact) mass is 214 g/mol. The van der Waals surface area contributed by atoms with E-state index in [4.69, 9.17) is 0 Å². The van der Waals surface area contributed by atoms with Crippen LogP contribution in [0.2, 0.25) is 0 Å². The van der Waals surface area contributed by atoms with E-state index in [1.54, 1.807) is 6.08 Å². The molecule has 0 heterocycles. The molecule has 1 aliphatic carbocycles. The summed E-state index contributed by atoms with van der Waals surface area (Å²) in [5.41, 5.74) is 1.28. The van der Waals surface area contributed by atoms with Gasteiger partial charge in [0.15, 0.2) is 0 Å². The highest BCUT2D eigenvalue weighted by atomic mass is 79.9. The Kier molecular flexibility index (Phi) is 3.57. The molecule has 0 atom stereocenters. The number of carbonyl (C=O) groups is 1. The Labute approximate surface area is 75.3 Å². The normalized spacial score (nSPS) is 19.4. The van der Waals surface area contributed by atoms with E-state index in [2.05, 4.69) is 15.9 Å². The zero-order chi connectivity index (χ0) is 8.10. The minimum atomic E-state index is 0.821. The fourth-order valence-corrected chi connectivity index (χ4v) is 1.83. The van der Waals surface area contributed by atoms with E-state index in [0.29, 0.717) is 0 Å². The largest absolute Gasteiger partial charge is 0.299 e. The summed E-state index contributed by atoms with van der Waals surface area (Å²) >= 11 is 3.50. The molecule has 11 heavy (non-hydrogen) atoms. The summed E-state index contributed by atoms with van der Waals surface area (Å²) in [5, 5.41) is 0. The Bertz CT molecular complexity index is 204. The second kappa shape index (κ2) is 4.50. The molecule has 2 heteroatoms. The first-order chi connectivity index (χ1) is 5.34. The van der Waals surface area contributed by atoms with Gasteiger partial charge in [0, 0.05) is 0 Å². The highest BCUT2D eigenvalue weighted by molar-refractivity contribution is 9.11. The molecule has 0 N–H and O–H groups in total. The summed E-state index contributed by atoms with van der Waals surface area (Å²) in [5.74, 6) is 0. The third-order valence-corrected chi connectivity index (χ3v) is 2.72. The van der Waals surface area contributed by atoms with Crippen molar-refractivity contribution in [2.45, 2.75) is 25.7 Å². The Morgan fingerprint density at radius 3 is 2.64 bits per heavy atom. The SMILES string of the molecule is O=CC=CC1=C(Br)CCCC1. The third-order valence-electron chi connectivity index (χ3n) is 1.82. The van der Waals surface area contributed by atoms with Crippen molar-refractivity contribution in [1.82, 2.24) is 0 Å². The van der Waals surface area contributed by atoms with Gasteiger partial charge in [-0.2, -0.15) is 0 Å². The van der Waals surface area contributed by atoms with Crippen molar-refractivity contribution < 1.29 is 4.79 Å². The number of halogens is 1. The Morgan fingerprint density at radius 2 is 2.00 bits per heavy atom. The molecule has 0 saturated carbocycles. The molecule has 0 saturated heterocycles. The van der Waals surface area contributed by atoms with E-state index in [9.17, 15) is 4.79 Å². The van der Waals surface area contributed by atoms with Crippen molar-refractivity contribution >= 4 is 22.2 Å². The lowest BCUT2D eigenvalue weighted by molar-refractivity contribution is -0.104. The number of rotatable bonds is 2. The molecular formula is C9H11BrO. The topological polar surface area (TPSA) is 17.1 Å². The molecule has 0 bridgehead atoms. The number of allylic oxidation sites excluding steroid dienone is 4. The van der Waals surface area contributed by atoms with Gasteiger partial charge in [0.2, 0.25) is 0 Å². The van der Waals surface area contributed by atoms with Gasteiger partial charge in [-0.1, -0.05) is 22.0 Å². The van der Waals surface area contributed by atoms with Crippen LogP contribution in [0.25, 0.3) is 0 Å². The molecular weight excluding hydrogens is 204 g/mol. The summed E-state index contributed by atoms with van der Waals surface area (Å²) in [6.07, 6.45) is 9.01. The molecule has 0 aromatic carbocycles. The molecule has 0 radical (unpaired) electrons. The molecule has 1 rings (SSSR count). The van der Waals surface area contributed by atoms with Crippen LogP contribution in [0.15, 0.2) is 22.2 Å². The predicted molar refractivity (Wildman–Crippen MR) is 49.6 cm³/mol. The quantitative estimate of drug-likeness (QED) is 0.511. The zero-order valence-electron chi connectivity index (χ0n) is 6.35. The second-order valence-electron chi connectivity index (χ2n) is 2.63. The van der Waals surface area contributed by atoms with Gasteiger partial charge in [-0.15, -0.1) is 0 Å². The van der Waals surface area contributed by atoms with Gasteiger partial charge >= 0.3 is 0 Å². The van der Waals surface area contributed by atoms with Crippen LogP contribution < -0.4 is 0 Å². The minimum Gasteiger partial charge on any atom is -0.299 e. The Hall–Kier alpha value is -0.370. The summed E-state index contributed by atoms with van der Waals surface area (Å²) < 4.78 is 1.27. The maximum atomic E-state index is 10.0. The second-order valence-corrected chi connectivity index (χ2v) is 3.59. The highest BCUT2D eigenvalue weighted by Crippen LogP contribution is 2.29. The van der Waals surface area contributed by atoms with Gasteiger partial charge in [0.05, 0.1) is 0 Å². The highest BCUT2D eigenvalue weighted by Gasteiger charge is 2.06. The lowest BCUT2D eigenvalue weighted by atomic mass is 9.99. The molecule has 0 fully saturated rings. The number of carbonyl (C=O) groups excluding carboxylic acids is 1. The van der Waals surface area contributed by atoms with Crippen molar-refractivity contribution in [3.63, 3.8) is 0 Å². The van der Waals surface area contributed by atoms with E-state index in [1.807, 2.05) is 6.08 Å². The summed E-state index contributed by atoms with van der Waals surface area (Å²) in [4.78, 5) is 10.0. The van der Waals surface area contributed by atoms with Crippen molar-refractivity contribution in [1.29, 1.82) is 0 Å². The van der Waals surface area contributed by atoms with Crippen molar-refractivity contribution in [2.24, 2.45) is 0 Å². The molecule has 0 spiro atoms.